The first-order valence-corrected chi connectivity index (χ1v) is 5.20. The number of halogens is 1. The zero-order valence-electron chi connectivity index (χ0n) is 9.14. The molecule has 0 fully saturated rings. The lowest BCUT2D eigenvalue weighted by atomic mass is 10.1. The van der Waals surface area contributed by atoms with Gasteiger partial charge < -0.3 is 15.1 Å². The van der Waals surface area contributed by atoms with Gasteiger partial charge in [0.1, 0.15) is 5.38 Å². The van der Waals surface area contributed by atoms with Crippen molar-refractivity contribution in [2.45, 2.75) is 5.38 Å². The second-order valence-corrected chi connectivity index (χ2v) is 4.32. The quantitative estimate of drug-likeness (QED) is 0.477. The standard InChI is InChI=1S/C11H14ClNO3/c1-13(2)6-8(12)11(16)7-3-4-9(14)10(15)5-7/h3-5,8,14-15H,6H2,1-2H3. The monoisotopic (exact) mass is 243 g/mol. The van der Waals surface area contributed by atoms with Gasteiger partial charge in [0.25, 0.3) is 0 Å². The third kappa shape index (κ3) is 3.12. The number of hydrogen-bond acceptors (Lipinski definition) is 4. The van der Waals surface area contributed by atoms with Crippen LogP contribution in [0, 0.1) is 0 Å². The van der Waals surface area contributed by atoms with Crippen molar-refractivity contribution in [2.75, 3.05) is 20.6 Å². The van der Waals surface area contributed by atoms with Gasteiger partial charge >= 0.3 is 0 Å². The van der Waals surface area contributed by atoms with Crippen LogP contribution in [0.15, 0.2) is 18.2 Å². The summed E-state index contributed by atoms with van der Waals surface area (Å²) >= 11 is 5.92. The van der Waals surface area contributed by atoms with Crippen LogP contribution in [-0.4, -0.2) is 46.9 Å². The first-order valence-electron chi connectivity index (χ1n) is 4.77. The highest BCUT2D eigenvalue weighted by Crippen LogP contribution is 2.25. The molecule has 0 saturated carbocycles. The molecule has 5 heteroatoms. The minimum absolute atomic E-state index is 0.254. The Bertz CT molecular complexity index is 393. The van der Waals surface area contributed by atoms with Crippen molar-refractivity contribution in [1.29, 1.82) is 0 Å². The summed E-state index contributed by atoms with van der Waals surface area (Å²) in [6.45, 7) is 0.419. The van der Waals surface area contributed by atoms with Crippen LogP contribution in [0.3, 0.4) is 0 Å². The van der Waals surface area contributed by atoms with E-state index in [0.717, 1.165) is 0 Å². The number of alkyl halides is 1. The van der Waals surface area contributed by atoms with Crippen LogP contribution >= 0.6 is 11.6 Å². The smallest absolute Gasteiger partial charge is 0.182 e. The summed E-state index contributed by atoms with van der Waals surface area (Å²) in [7, 11) is 3.63. The minimum Gasteiger partial charge on any atom is -0.504 e. The average molecular weight is 244 g/mol. The molecule has 0 aliphatic carbocycles. The molecular formula is C11H14ClNO3. The minimum atomic E-state index is -0.668. The molecule has 2 N–H and O–H groups in total. The molecule has 0 heterocycles. The van der Waals surface area contributed by atoms with Gasteiger partial charge in [0.2, 0.25) is 0 Å². The Morgan fingerprint density at radius 1 is 1.38 bits per heavy atom. The maximum Gasteiger partial charge on any atom is 0.182 e. The van der Waals surface area contributed by atoms with Crippen molar-refractivity contribution in [3.05, 3.63) is 23.8 Å². The molecule has 1 aromatic rings. The SMILES string of the molecule is CN(C)CC(Cl)C(=O)c1ccc(O)c(O)c1. The number of carbonyl (C=O) groups excluding carboxylic acids is 1. The fourth-order valence-corrected chi connectivity index (χ4v) is 1.66. The number of nitrogens with zero attached hydrogens (tertiary/aromatic N) is 1. The Labute approximate surface area is 99.1 Å². The summed E-state index contributed by atoms with van der Waals surface area (Å²) in [5.74, 6) is -0.847. The molecule has 0 spiro atoms. The van der Waals surface area contributed by atoms with E-state index in [0.29, 0.717) is 6.54 Å². The zero-order chi connectivity index (χ0) is 12.3. The summed E-state index contributed by atoms with van der Waals surface area (Å²) in [5, 5.41) is 17.7. The number of Topliss-reactive ketones (excluding diaryl/α,β-unsaturated/α-hetero) is 1. The van der Waals surface area contributed by atoms with Crippen molar-refractivity contribution in [3.8, 4) is 11.5 Å². The van der Waals surface area contributed by atoms with Crippen LogP contribution in [0.5, 0.6) is 11.5 Å². The van der Waals surface area contributed by atoms with E-state index in [9.17, 15) is 9.90 Å². The summed E-state index contributed by atoms with van der Waals surface area (Å²) in [4.78, 5) is 13.6. The van der Waals surface area contributed by atoms with Crippen molar-refractivity contribution in [3.63, 3.8) is 0 Å². The second kappa shape index (κ2) is 5.18. The molecule has 16 heavy (non-hydrogen) atoms. The lowest BCUT2D eigenvalue weighted by Gasteiger charge is -2.14. The van der Waals surface area contributed by atoms with E-state index in [1.54, 1.807) is 4.90 Å². The van der Waals surface area contributed by atoms with Crippen LogP contribution in [-0.2, 0) is 0 Å². The third-order valence-corrected chi connectivity index (χ3v) is 2.41. The molecule has 1 unspecified atom stereocenters. The Morgan fingerprint density at radius 2 is 2.00 bits per heavy atom. The summed E-state index contributed by atoms with van der Waals surface area (Å²) < 4.78 is 0. The number of ketones is 1. The number of phenolic OH excluding ortho intramolecular Hbond substituents is 2. The van der Waals surface area contributed by atoms with Crippen LogP contribution in [0.2, 0.25) is 0 Å². The largest absolute Gasteiger partial charge is 0.504 e. The Morgan fingerprint density at radius 3 is 2.50 bits per heavy atom. The molecule has 0 radical (unpaired) electrons. The predicted molar refractivity (Wildman–Crippen MR) is 62.3 cm³/mol. The third-order valence-electron chi connectivity index (χ3n) is 2.07. The van der Waals surface area contributed by atoms with E-state index in [2.05, 4.69) is 0 Å². The topological polar surface area (TPSA) is 60.8 Å². The number of phenols is 2. The van der Waals surface area contributed by atoms with Crippen molar-refractivity contribution in [1.82, 2.24) is 4.90 Å². The normalized spacial score (nSPS) is 12.8. The lowest BCUT2D eigenvalue weighted by molar-refractivity contribution is 0.0976. The van der Waals surface area contributed by atoms with E-state index < -0.39 is 5.38 Å². The lowest BCUT2D eigenvalue weighted by Crippen LogP contribution is -2.28. The Hall–Kier alpha value is -1.26. The van der Waals surface area contributed by atoms with Gasteiger partial charge in [-0.2, -0.15) is 0 Å². The first kappa shape index (κ1) is 12.8. The molecule has 0 bridgehead atoms. The van der Waals surface area contributed by atoms with Gasteiger partial charge in [0.05, 0.1) is 0 Å². The molecule has 1 atom stereocenters. The van der Waals surface area contributed by atoms with Crippen molar-refractivity contribution >= 4 is 17.4 Å². The van der Waals surface area contributed by atoms with E-state index in [1.807, 2.05) is 14.1 Å². The summed E-state index contributed by atoms with van der Waals surface area (Å²) in [6.07, 6.45) is 0. The molecule has 0 saturated heterocycles. The molecule has 1 rings (SSSR count). The number of hydrogen-bond donors (Lipinski definition) is 2. The first-order chi connectivity index (χ1) is 7.41. The highest BCUT2D eigenvalue weighted by atomic mass is 35.5. The van der Waals surface area contributed by atoms with Gasteiger partial charge in [-0.3, -0.25) is 4.79 Å². The van der Waals surface area contributed by atoms with E-state index in [1.165, 1.54) is 18.2 Å². The Balaban J connectivity index is 2.84. The van der Waals surface area contributed by atoms with Crippen LogP contribution in [0.25, 0.3) is 0 Å². The van der Waals surface area contributed by atoms with E-state index in [4.69, 9.17) is 16.7 Å². The van der Waals surface area contributed by atoms with Gasteiger partial charge in [-0.25, -0.2) is 0 Å². The van der Waals surface area contributed by atoms with Gasteiger partial charge in [-0.15, -0.1) is 11.6 Å². The van der Waals surface area contributed by atoms with Crippen LogP contribution in [0.4, 0.5) is 0 Å². The Kier molecular flexibility index (Phi) is 4.15. The highest BCUT2D eigenvalue weighted by molar-refractivity contribution is 6.34. The predicted octanol–water partition coefficient (Wildman–Crippen LogP) is 1.45. The van der Waals surface area contributed by atoms with Gasteiger partial charge in [0, 0.05) is 12.1 Å². The second-order valence-electron chi connectivity index (χ2n) is 3.80. The average Bonchev–Trinajstić information content (AvgIpc) is 2.20. The molecular weight excluding hydrogens is 230 g/mol. The number of aromatic hydroxyl groups is 2. The maximum absolute atomic E-state index is 11.8. The number of benzene rings is 1. The van der Waals surface area contributed by atoms with Crippen LogP contribution in [0.1, 0.15) is 10.4 Å². The molecule has 4 nitrogen and oxygen atoms in total. The zero-order valence-corrected chi connectivity index (χ0v) is 9.90. The van der Waals surface area contributed by atoms with Crippen molar-refractivity contribution < 1.29 is 15.0 Å². The molecule has 0 aliphatic heterocycles. The van der Waals surface area contributed by atoms with Crippen LogP contribution < -0.4 is 0 Å². The number of carbonyl (C=O) groups is 1. The van der Waals surface area contributed by atoms with Gasteiger partial charge in [0.15, 0.2) is 17.3 Å². The molecule has 1 aromatic carbocycles. The molecule has 0 aromatic heterocycles. The number of rotatable bonds is 4. The van der Waals surface area contributed by atoms with Gasteiger partial charge in [-0.1, -0.05) is 0 Å². The maximum atomic E-state index is 11.8. The summed E-state index contributed by atoms with van der Waals surface area (Å²) in [5.41, 5.74) is 0.289. The molecule has 0 aliphatic rings. The highest BCUT2D eigenvalue weighted by Gasteiger charge is 2.19. The molecule has 0 amide bonds. The van der Waals surface area contributed by atoms with E-state index in [-0.39, 0.29) is 22.8 Å². The fourth-order valence-electron chi connectivity index (χ4n) is 1.26. The van der Waals surface area contributed by atoms with Gasteiger partial charge in [-0.05, 0) is 32.3 Å². The fraction of sp³-hybridized carbons (Fsp3) is 0.364. The molecule has 88 valence electrons. The summed E-state index contributed by atoms with van der Waals surface area (Å²) in [6, 6.07) is 3.91. The van der Waals surface area contributed by atoms with E-state index >= 15 is 0 Å². The van der Waals surface area contributed by atoms with Crippen molar-refractivity contribution in [2.24, 2.45) is 0 Å².